The third kappa shape index (κ3) is 3.41. The Bertz CT molecular complexity index is 237. The van der Waals surface area contributed by atoms with Crippen LogP contribution in [0.2, 0.25) is 0 Å². The molecule has 0 amide bonds. The van der Waals surface area contributed by atoms with Crippen LogP contribution in [0.25, 0.3) is 0 Å². The molecule has 0 saturated carbocycles. The Labute approximate surface area is 105 Å². The lowest BCUT2D eigenvalue weighted by Gasteiger charge is -2.40. The lowest BCUT2D eigenvalue weighted by molar-refractivity contribution is 0.0833. The van der Waals surface area contributed by atoms with Crippen molar-refractivity contribution in [2.75, 3.05) is 46.9 Å². The molecule has 0 spiro atoms. The molecule has 2 saturated heterocycles. The molecule has 2 heterocycles. The molecule has 0 aromatic heterocycles. The molecule has 0 aliphatic carbocycles. The summed E-state index contributed by atoms with van der Waals surface area (Å²) in [6, 6.07) is 1.37. The summed E-state index contributed by atoms with van der Waals surface area (Å²) in [4.78, 5) is 5.11. The summed E-state index contributed by atoms with van der Waals surface area (Å²) in [6.45, 7) is 8.14. The van der Waals surface area contributed by atoms with Gasteiger partial charge in [-0.1, -0.05) is 6.92 Å². The van der Waals surface area contributed by atoms with E-state index in [2.05, 4.69) is 29.1 Å². The summed E-state index contributed by atoms with van der Waals surface area (Å²) in [5.41, 5.74) is 0. The average Bonchev–Trinajstić information content (AvgIpc) is 2.79. The maximum absolute atomic E-state index is 5.40. The highest BCUT2D eigenvalue weighted by atomic mass is 16.5. The molecular formula is C13H27N3O. The normalized spacial score (nSPS) is 36.5. The molecule has 4 heteroatoms. The number of nitrogens with zero attached hydrogens (tertiary/aromatic N) is 2. The zero-order valence-corrected chi connectivity index (χ0v) is 11.5. The number of piperazine rings is 1. The van der Waals surface area contributed by atoms with Gasteiger partial charge in [-0.15, -0.1) is 0 Å². The molecular weight excluding hydrogens is 214 g/mol. The summed E-state index contributed by atoms with van der Waals surface area (Å²) >= 11 is 0. The predicted octanol–water partition coefficient (Wildman–Crippen LogP) is 0.389. The van der Waals surface area contributed by atoms with E-state index in [0.29, 0.717) is 12.1 Å². The molecule has 0 radical (unpaired) electrons. The zero-order valence-electron chi connectivity index (χ0n) is 11.5. The lowest BCUT2D eigenvalue weighted by atomic mass is 10.1. The molecule has 0 bridgehead atoms. The van der Waals surface area contributed by atoms with Crippen molar-refractivity contribution < 1.29 is 4.74 Å². The molecule has 3 unspecified atom stereocenters. The number of hydrogen-bond donors (Lipinski definition) is 1. The zero-order chi connectivity index (χ0) is 12.3. The fourth-order valence-corrected chi connectivity index (χ4v) is 3.03. The fourth-order valence-electron chi connectivity index (χ4n) is 3.03. The van der Waals surface area contributed by atoms with Gasteiger partial charge in [0, 0.05) is 51.9 Å². The van der Waals surface area contributed by atoms with Crippen LogP contribution in [0.15, 0.2) is 0 Å². The molecule has 17 heavy (non-hydrogen) atoms. The van der Waals surface area contributed by atoms with Gasteiger partial charge in [0.05, 0.1) is 6.10 Å². The monoisotopic (exact) mass is 241 g/mol. The van der Waals surface area contributed by atoms with E-state index >= 15 is 0 Å². The maximum Gasteiger partial charge on any atom is 0.0711 e. The number of hydrogen-bond acceptors (Lipinski definition) is 4. The Morgan fingerprint density at radius 1 is 1.35 bits per heavy atom. The first kappa shape index (κ1) is 13.3. The van der Waals surface area contributed by atoms with Gasteiger partial charge in [-0.3, -0.25) is 4.90 Å². The van der Waals surface area contributed by atoms with Crippen LogP contribution in [0, 0.1) is 0 Å². The second kappa shape index (κ2) is 6.14. The number of likely N-dealkylation sites (N-methyl/N-ethyl adjacent to an activating group) is 1. The first-order valence-corrected chi connectivity index (χ1v) is 6.91. The van der Waals surface area contributed by atoms with E-state index in [0.717, 1.165) is 12.6 Å². The third-order valence-electron chi connectivity index (χ3n) is 4.33. The van der Waals surface area contributed by atoms with E-state index in [1.807, 2.05) is 7.11 Å². The van der Waals surface area contributed by atoms with Crippen LogP contribution < -0.4 is 5.32 Å². The average molecular weight is 241 g/mol. The Morgan fingerprint density at radius 3 is 2.82 bits per heavy atom. The van der Waals surface area contributed by atoms with Crippen molar-refractivity contribution >= 4 is 0 Å². The highest BCUT2D eigenvalue weighted by Gasteiger charge is 2.28. The molecule has 0 aromatic rings. The summed E-state index contributed by atoms with van der Waals surface area (Å²) in [7, 11) is 4.07. The number of ether oxygens (including phenoxy) is 1. The summed E-state index contributed by atoms with van der Waals surface area (Å²) < 4.78 is 5.40. The van der Waals surface area contributed by atoms with Crippen molar-refractivity contribution in [2.24, 2.45) is 0 Å². The first-order chi connectivity index (χ1) is 8.22. The van der Waals surface area contributed by atoms with Crippen molar-refractivity contribution in [3.63, 3.8) is 0 Å². The number of methoxy groups -OCH3 is 1. The van der Waals surface area contributed by atoms with Gasteiger partial charge in [0.2, 0.25) is 0 Å². The van der Waals surface area contributed by atoms with Gasteiger partial charge >= 0.3 is 0 Å². The molecule has 3 atom stereocenters. The summed E-state index contributed by atoms with van der Waals surface area (Å²) in [6.07, 6.45) is 2.85. The van der Waals surface area contributed by atoms with Gasteiger partial charge < -0.3 is 15.0 Å². The van der Waals surface area contributed by atoms with Crippen LogP contribution in [-0.2, 0) is 4.74 Å². The standard InChI is InChI=1S/C13H27N3O/c1-4-12-10-16(6-5-15(12)2)9-11-7-13(17-3)8-14-11/h11-14H,4-10H2,1-3H3. The Balaban J connectivity index is 1.76. The van der Waals surface area contributed by atoms with Crippen molar-refractivity contribution in [1.29, 1.82) is 0 Å². The molecule has 2 fully saturated rings. The van der Waals surface area contributed by atoms with Crippen LogP contribution in [0.4, 0.5) is 0 Å². The van der Waals surface area contributed by atoms with Crippen LogP contribution >= 0.6 is 0 Å². The lowest BCUT2D eigenvalue weighted by Crippen LogP contribution is -2.53. The van der Waals surface area contributed by atoms with E-state index in [-0.39, 0.29) is 0 Å². The molecule has 2 aliphatic rings. The van der Waals surface area contributed by atoms with Gasteiger partial charge in [-0.25, -0.2) is 0 Å². The van der Waals surface area contributed by atoms with Crippen molar-refractivity contribution in [3.05, 3.63) is 0 Å². The Kier molecular flexibility index (Phi) is 4.79. The molecule has 2 aliphatic heterocycles. The Hall–Kier alpha value is -0.160. The minimum atomic E-state index is 0.425. The maximum atomic E-state index is 5.40. The highest BCUT2D eigenvalue weighted by Crippen LogP contribution is 2.15. The second-order valence-corrected chi connectivity index (χ2v) is 5.50. The van der Waals surface area contributed by atoms with E-state index in [1.54, 1.807) is 0 Å². The molecule has 1 N–H and O–H groups in total. The van der Waals surface area contributed by atoms with Crippen molar-refractivity contribution in [2.45, 2.75) is 38.0 Å². The fraction of sp³-hybridized carbons (Fsp3) is 1.00. The minimum Gasteiger partial charge on any atom is -0.380 e. The molecule has 4 nitrogen and oxygen atoms in total. The van der Waals surface area contributed by atoms with Gasteiger partial charge in [0.1, 0.15) is 0 Å². The second-order valence-electron chi connectivity index (χ2n) is 5.50. The van der Waals surface area contributed by atoms with E-state index < -0.39 is 0 Å². The predicted molar refractivity (Wildman–Crippen MR) is 70.4 cm³/mol. The highest BCUT2D eigenvalue weighted by molar-refractivity contribution is 4.87. The van der Waals surface area contributed by atoms with Crippen LogP contribution in [0.3, 0.4) is 0 Å². The van der Waals surface area contributed by atoms with Crippen LogP contribution in [0.1, 0.15) is 19.8 Å². The largest absolute Gasteiger partial charge is 0.380 e. The van der Waals surface area contributed by atoms with Crippen LogP contribution in [0.5, 0.6) is 0 Å². The molecule has 2 rings (SSSR count). The third-order valence-corrected chi connectivity index (χ3v) is 4.33. The summed E-state index contributed by atoms with van der Waals surface area (Å²) in [5.74, 6) is 0. The van der Waals surface area contributed by atoms with Crippen LogP contribution in [-0.4, -0.2) is 74.9 Å². The van der Waals surface area contributed by atoms with E-state index in [4.69, 9.17) is 4.74 Å². The smallest absolute Gasteiger partial charge is 0.0711 e. The van der Waals surface area contributed by atoms with Crippen molar-refractivity contribution in [3.8, 4) is 0 Å². The van der Waals surface area contributed by atoms with Gasteiger partial charge in [0.15, 0.2) is 0 Å². The minimum absolute atomic E-state index is 0.425. The quantitative estimate of drug-likeness (QED) is 0.770. The topological polar surface area (TPSA) is 27.7 Å². The molecule has 0 aromatic carbocycles. The van der Waals surface area contributed by atoms with Crippen molar-refractivity contribution in [1.82, 2.24) is 15.1 Å². The number of nitrogens with one attached hydrogen (secondary N) is 1. The number of rotatable bonds is 4. The first-order valence-electron chi connectivity index (χ1n) is 6.91. The Morgan fingerprint density at radius 2 is 2.18 bits per heavy atom. The van der Waals surface area contributed by atoms with E-state index in [1.165, 1.54) is 39.0 Å². The summed E-state index contributed by atoms with van der Waals surface area (Å²) in [5, 5.41) is 3.57. The SMILES string of the molecule is CCC1CN(CC2CC(OC)CN2)CCN1C. The van der Waals surface area contributed by atoms with Gasteiger partial charge in [-0.2, -0.15) is 0 Å². The molecule has 100 valence electrons. The van der Waals surface area contributed by atoms with Gasteiger partial charge in [-0.05, 0) is 19.9 Å². The van der Waals surface area contributed by atoms with E-state index in [9.17, 15) is 0 Å². The van der Waals surface area contributed by atoms with Gasteiger partial charge in [0.25, 0.3) is 0 Å².